The molecule has 1 N–H and O–H groups in total. The van der Waals surface area contributed by atoms with Gasteiger partial charge in [-0.25, -0.2) is 4.98 Å². The summed E-state index contributed by atoms with van der Waals surface area (Å²) in [6.07, 6.45) is 9.36. The van der Waals surface area contributed by atoms with E-state index in [9.17, 15) is 5.11 Å². The van der Waals surface area contributed by atoms with Gasteiger partial charge in [0.2, 0.25) is 0 Å². The van der Waals surface area contributed by atoms with Crippen molar-refractivity contribution in [1.82, 2.24) is 9.55 Å². The predicted octanol–water partition coefficient (Wildman–Crippen LogP) is 4.11. The Morgan fingerprint density at radius 2 is 1.86 bits per heavy atom. The fourth-order valence-electron chi connectivity index (χ4n) is 3.43. The van der Waals surface area contributed by atoms with Gasteiger partial charge in [-0.05, 0) is 31.2 Å². The van der Waals surface area contributed by atoms with Gasteiger partial charge >= 0.3 is 0 Å². The molecule has 0 spiro atoms. The molecule has 2 unspecified atom stereocenters. The van der Waals surface area contributed by atoms with Gasteiger partial charge in [0.15, 0.2) is 0 Å². The van der Waals surface area contributed by atoms with Crippen molar-refractivity contribution in [3.63, 3.8) is 0 Å². The maximum atomic E-state index is 10.7. The molecular formula is C18H24N2O. The maximum Gasteiger partial charge on any atom is 0.138 e. The maximum absolute atomic E-state index is 10.7. The summed E-state index contributed by atoms with van der Waals surface area (Å²) in [6.45, 7) is 2.16. The van der Waals surface area contributed by atoms with Gasteiger partial charge < -0.3 is 9.67 Å². The van der Waals surface area contributed by atoms with Crippen LogP contribution >= 0.6 is 0 Å². The standard InChI is InChI=1S/C18H24N2O/c1-14(15-8-4-2-5-9-15)20-13-12-19-18(20)17(21)16-10-6-3-7-11-16/h2,4-5,8-9,12-14,16-17,21H,3,6-7,10-11H2,1H3. The van der Waals surface area contributed by atoms with Crippen LogP contribution in [-0.2, 0) is 0 Å². The molecule has 1 fully saturated rings. The zero-order valence-electron chi connectivity index (χ0n) is 12.7. The highest BCUT2D eigenvalue weighted by Crippen LogP contribution is 2.35. The monoisotopic (exact) mass is 284 g/mol. The third-order valence-electron chi connectivity index (χ3n) is 4.76. The highest BCUT2D eigenvalue weighted by atomic mass is 16.3. The van der Waals surface area contributed by atoms with Gasteiger partial charge in [-0.2, -0.15) is 0 Å². The van der Waals surface area contributed by atoms with Crippen molar-refractivity contribution >= 4 is 0 Å². The Balaban J connectivity index is 1.83. The summed E-state index contributed by atoms with van der Waals surface area (Å²) in [7, 11) is 0. The Bertz CT molecular complexity index is 558. The topological polar surface area (TPSA) is 38.0 Å². The van der Waals surface area contributed by atoms with Crippen LogP contribution in [0, 0.1) is 5.92 Å². The molecule has 0 bridgehead atoms. The van der Waals surface area contributed by atoms with E-state index in [1.807, 2.05) is 12.3 Å². The van der Waals surface area contributed by atoms with Crippen molar-refractivity contribution in [2.24, 2.45) is 5.92 Å². The third kappa shape index (κ3) is 3.03. The largest absolute Gasteiger partial charge is 0.385 e. The number of nitrogens with zero attached hydrogens (tertiary/aromatic N) is 2. The van der Waals surface area contributed by atoms with Crippen LogP contribution < -0.4 is 0 Å². The van der Waals surface area contributed by atoms with Gasteiger partial charge in [-0.1, -0.05) is 49.6 Å². The molecule has 2 atom stereocenters. The fourth-order valence-corrected chi connectivity index (χ4v) is 3.43. The van der Waals surface area contributed by atoms with E-state index in [-0.39, 0.29) is 6.04 Å². The van der Waals surface area contributed by atoms with E-state index in [0.717, 1.165) is 18.7 Å². The quantitative estimate of drug-likeness (QED) is 0.917. The summed E-state index contributed by atoms with van der Waals surface area (Å²) in [4.78, 5) is 4.45. The molecule has 0 saturated heterocycles. The number of imidazole rings is 1. The molecule has 1 aliphatic carbocycles. The summed E-state index contributed by atoms with van der Waals surface area (Å²) in [5.41, 5.74) is 1.24. The molecule has 3 rings (SSSR count). The molecular weight excluding hydrogens is 260 g/mol. The van der Waals surface area contributed by atoms with Gasteiger partial charge in [0, 0.05) is 12.4 Å². The first-order chi connectivity index (χ1) is 10.3. The van der Waals surface area contributed by atoms with Crippen molar-refractivity contribution in [3.8, 4) is 0 Å². The van der Waals surface area contributed by atoms with Gasteiger partial charge in [0.1, 0.15) is 11.9 Å². The molecule has 0 radical (unpaired) electrons. The molecule has 1 saturated carbocycles. The highest BCUT2D eigenvalue weighted by molar-refractivity contribution is 5.20. The molecule has 1 aliphatic rings. The molecule has 1 aromatic heterocycles. The Kier molecular flexibility index (Phi) is 4.39. The predicted molar refractivity (Wildman–Crippen MR) is 84.0 cm³/mol. The lowest BCUT2D eigenvalue weighted by atomic mass is 9.85. The number of benzene rings is 1. The Morgan fingerprint density at radius 1 is 1.14 bits per heavy atom. The second-order valence-corrected chi connectivity index (χ2v) is 6.12. The number of hydrogen-bond acceptors (Lipinski definition) is 2. The molecule has 112 valence electrons. The molecule has 21 heavy (non-hydrogen) atoms. The van der Waals surface area contributed by atoms with Crippen molar-refractivity contribution in [2.45, 2.75) is 51.2 Å². The summed E-state index contributed by atoms with van der Waals surface area (Å²) in [5, 5.41) is 10.7. The highest BCUT2D eigenvalue weighted by Gasteiger charge is 2.27. The normalized spacial score (nSPS) is 19.3. The zero-order chi connectivity index (χ0) is 14.7. The minimum absolute atomic E-state index is 0.196. The lowest BCUT2D eigenvalue weighted by Crippen LogP contribution is -2.21. The van der Waals surface area contributed by atoms with Gasteiger partial charge in [-0.3, -0.25) is 0 Å². The summed E-state index contributed by atoms with van der Waals surface area (Å²) in [5.74, 6) is 1.18. The van der Waals surface area contributed by atoms with Crippen LogP contribution in [0.5, 0.6) is 0 Å². The Labute approximate surface area is 126 Å². The first-order valence-corrected chi connectivity index (χ1v) is 8.03. The van der Waals surface area contributed by atoms with Crippen molar-refractivity contribution in [3.05, 3.63) is 54.1 Å². The summed E-state index contributed by atoms with van der Waals surface area (Å²) < 4.78 is 2.12. The van der Waals surface area contributed by atoms with Crippen molar-refractivity contribution < 1.29 is 5.11 Å². The molecule has 2 aromatic rings. The van der Waals surface area contributed by atoms with Crippen LogP contribution in [0.25, 0.3) is 0 Å². The minimum Gasteiger partial charge on any atom is -0.385 e. The number of aromatic nitrogens is 2. The van der Waals surface area contributed by atoms with Gasteiger partial charge in [0.05, 0.1) is 6.04 Å². The first-order valence-electron chi connectivity index (χ1n) is 8.03. The van der Waals surface area contributed by atoms with Gasteiger partial charge in [-0.15, -0.1) is 0 Å². The van der Waals surface area contributed by atoms with Crippen LogP contribution in [-0.4, -0.2) is 14.7 Å². The van der Waals surface area contributed by atoms with Crippen LogP contribution in [0.1, 0.15) is 62.6 Å². The van der Waals surface area contributed by atoms with E-state index >= 15 is 0 Å². The first kappa shape index (κ1) is 14.3. The average molecular weight is 284 g/mol. The van der Waals surface area contributed by atoms with E-state index in [2.05, 4.69) is 40.7 Å². The van der Waals surface area contributed by atoms with Crippen molar-refractivity contribution in [1.29, 1.82) is 0 Å². The molecule has 1 aromatic carbocycles. The molecule has 3 heteroatoms. The summed E-state index contributed by atoms with van der Waals surface area (Å²) in [6, 6.07) is 10.6. The van der Waals surface area contributed by atoms with E-state index in [1.54, 1.807) is 6.20 Å². The Morgan fingerprint density at radius 3 is 2.57 bits per heavy atom. The van der Waals surface area contributed by atoms with Crippen LogP contribution in [0.2, 0.25) is 0 Å². The Hall–Kier alpha value is -1.61. The molecule has 1 heterocycles. The number of aliphatic hydroxyl groups excluding tert-OH is 1. The third-order valence-corrected chi connectivity index (χ3v) is 4.76. The fraction of sp³-hybridized carbons (Fsp3) is 0.500. The smallest absolute Gasteiger partial charge is 0.138 e. The zero-order valence-corrected chi connectivity index (χ0v) is 12.7. The van der Waals surface area contributed by atoms with Crippen molar-refractivity contribution in [2.75, 3.05) is 0 Å². The van der Waals surface area contributed by atoms with Crippen LogP contribution in [0.4, 0.5) is 0 Å². The summed E-state index contributed by atoms with van der Waals surface area (Å²) >= 11 is 0. The van der Waals surface area contributed by atoms with E-state index in [4.69, 9.17) is 0 Å². The molecule has 0 aliphatic heterocycles. The molecule has 3 nitrogen and oxygen atoms in total. The number of rotatable bonds is 4. The minimum atomic E-state index is -0.438. The second kappa shape index (κ2) is 6.44. The second-order valence-electron chi connectivity index (χ2n) is 6.12. The van der Waals surface area contributed by atoms with E-state index < -0.39 is 6.10 Å². The molecule has 0 amide bonds. The number of hydrogen-bond donors (Lipinski definition) is 1. The lowest BCUT2D eigenvalue weighted by molar-refractivity contribution is 0.0733. The average Bonchev–Trinajstić information content (AvgIpc) is 3.04. The van der Waals surface area contributed by atoms with Gasteiger partial charge in [0.25, 0.3) is 0 Å². The van der Waals surface area contributed by atoms with E-state index in [1.165, 1.54) is 24.8 Å². The lowest BCUT2D eigenvalue weighted by Gasteiger charge is -2.28. The SMILES string of the molecule is CC(c1ccccc1)n1ccnc1C(O)C1CCCCC1. The van der Waals surface area contributed by atoms with E-state index in [0.29, 0.717) is 5.92 Å². The van der Waals surface area contributed by atoms with Crippen LogP contribution in [0.3, 0.4) is 0 Å². The van der Waals surface area contributed by atoms with Crippen LogP contribution in [0.15, 0.2) is 42.7 Å². The number of aliphatic hydroxyl groups is 1.